The Kier molecular flexibility index (Phi) is 7.96. The second-order valence-electron chi connectivity index (χ2n) is 5.32. The lowest BCUT2D eigenvalue weighted by Crippen LogP contribution is -2.42. The van der Waals surface area contributed by atoms with Crippen LogP contribution in [0.5, 0.6) is 0 Å². The summed E-state index contributed by atoms with van der Waals surface area (Å²) < 4.78 is 1.37. The highest BCUT2D eigenvalue weighted by Gasteiger charge is 2.21. The average Bonchev–Trinajstić information content (AvgIpc) is 2.95. The van der Waals surface area contributed by atoms with E-state index >= 15 is 0 Å². The molecule has 128 valence electrons. The van der Waals surface area contributed by atoms with Crippen LogP contribution in [0.3, 0.4) is 0 Å². The summed E-state index contributed by atoms with van der Waals surface area (Å²) in [5.41, 5.74) is 5.70. The first-order valence-electron chi connectivity index (χ1n) is 7.76. The molecule has 1 atom stereocenters. The highest BCUT2D eigenvalue weighted by Crippen LogP contribution is 2.06. The fourth-order valence-electron chi connectivity index (χ4n) is 2.07. The number of carboxylic acid groups (broad SMARTS) is 1. The van der Waals surface area contributed by atoms with Gasteiger partial charge in [0.15, 0.2) is 0 Å². The molecule has 1 aromatic heterocycles. The lowest BCUT2D eigenvalue weighted by Gasteiger charge is -2.12. The van der Waals surface area contributed by atoms with Crippen molar-refractivity contribution in [2.75, 3.05) is 6.54 Å². The van der Waals surface area contributed by atoms with Gasteiger partial charge in [0.25, 0.3) is 0 Å². The van der Waals surface area contributed by atoms with Crippen molar-refractivity contribution in [3.63, 3.8) is 0 Å². The SMILES string of the molecule is CCCCCC(=O)n1cnc(C[C@H](NC(=O)CCN)C(=O)O)c1. The summed E-state index contributed by atoms with van der Waals surface area (Å²) in [5.74, 6) is -1.65. The topological polar surface area (TPSA) is 127 Å². The molecule has 0 spiro atoms. The summed E-state index contributed by atoms with van der Waals surface area (Å²) in [5, 5.41) is 11.6. The van der Waals surface area contributed by atoms with Crippen molar-refractivity contribution in [3.8, 4) is 0 Å². The third kappa shape index (κ3) is 6.60. The molecule has 0 fully saturated rings. The van der Waals surface area contributed by atoms with Crippen molar-refractivity contribution >= 4 is 17.8 Å². The highest BCUT2D eigenvalue weighted by atomic mass is 16.4. The minimum absolute atomic E-state index is 0.0148. The molecule has 8 heteroatoms. The maximum Gasteiger partial charge on any atom is 0.326 e. The molecular formula is C15H24N4O4. The molecule has 23 heavy (non-hydrogen) atoms. The van der Waals surface area contributed by atoms with Crippen LogP contribution in [-0.2, 0) is 16.0 Å². The number of hydrogen-bond donors (Lipinski definition) is 3. The molecule has 0 aliphatic rings. The Morgan fingerprint density at radius 3 is 2.70 bits per heavy atom. The zero-order valence-electron chi connectivity index (χ0n) is 13.3. The Morgan fingerprint density at radius 1 is 1.35 bits per heavy atom. The maximum absolute atomic E-state index is 11.9. The molecule has 0 radical (unpaired) electrons. The van der Waals surface area contributed by atoms with Crippen LogP contribution >= 0.6 is 0 Å². The first-order valence-corrected chi connectivity index (χ1v) is 7.76. The fraction of sp³-hybridized carbons (Fsp3) is 0.600. The quantitative estimate of drug-likeness (QED) is 0.540. The van der Waals surface area contributed by atoms with Crippen LogP contribution in [0.1, 0.15) is 49.5 Å². The minimum atomic E-state index is -1.15. The molecule has 1 amide bonds. The molecule has 1 rings (SSSR count). The number of carboxylic acids is 1. The van der Waals surface area contributed by atoms with E-state index in [4.69, 9.17) is 10.8 Å². The summed E-state index contributed by atoms with van der Waals surface area (Å²) in [7, 11) is 0. The standard InChI is InChI=1S/C15H24N4O4/c1-2-3-4-5-14(21)19-9-11(17-10-19)8-12(15(22)23)18-13(20)6-7-16/h9-10,12H,2-8,16H2,1H3,(H,18,20)(H,22,23)/t12-/m0/s1. The number of rotatable bonds is 10. The summed E-state index contributed by atoms with van der Waals surface area (Å²) >= 11 is 0. The number of nitrogens with zero attached hydrogens (tertiary/aromatic N) is 2. The second-order valence-corrected chi connectivity index (χ2v) is 5.32. The molecule has 0 saturated carbocycles. The highest BCUT2D eigenvalue weighted by molar-refractivity contribution is 5.83. The summed E-state index contributed by atoms with van der Waals surface area (Å²) in [6, 6.07) is -1.09. The predicted molar refractivity (Wildman–Crippen MR) is 83.9 cm³/mol. The van der Waals surface area contributed by atoms with Crippen molar-refractivity contribution in [2.45, 2.75) is 51.5 Å². The Bertz CT molecular complexity index is 541. The van der Waals surface area contributed by atoms with Crippen LogP contribution in [-0.4, -0.2) is 45.0 Å². The molecule has 0 saturated heterocycles. The van der Waals surface area contributed by atoms with Crippen molar-refractivity contribution in [3.05, 3.63) is 18.2 Å². The van der Waals surface area contributed by atoms with Crippen LogP contribution < -0.4 is 11.1 Å². The van der Waals surface area contributed by atoms with Crippen molar-refractivity contribution in [1.29, 1.82) is 0 Å². The van der Waals surface area contributed by atoms with E-state index in [1.165, 1.54) is 17.1 Å². The summed E-state index contributed by atoms with van der Waals surface area (Å²) in [6.07, 6.45) is 6.24. The number of nitrogens with one attached hydrogen (secondary N) is 1. The van der Waals surface area contributed by atoms with Gasteiger partial charge in [0.05, 0.1) is 5.69 Å². The van der Waals surface area contributed by atoms with Gasteiger partial charge >= 0.3 is 5.97 Å². The second kappa shape index (κ2) is 9.73. The lowest BCUT2D eigenvalue weighted by molar-refractivity contribution is -0.141. The normalized spacial score (nSPS) is 11.9. The number of carbonyl (C=O) groups excluding carboxylic acids is 2. The van der Waals surface area contributed by atoms with Gasteiger partial charge in [-0.05, 0) is 6.42 Å². The molecular weight excluding hydrogens is 300 g/mol. The molecule has 8 nitrogen and oxygen atoms in total. The summed E-state index contributed by atoms with van der Waals surface area (Å²) in [6.45, 7) is 2.21. The van der Waals surface area contributed by atoms with Gasteiger partial charge in [0.2, 0.25) is 11.8 Å². The van der Waals surface area contributed by atoms with E-state index in [1.54, 1.807) is 0 Å². The monoisotopic (exact) mass is 324 g/mol. The van der Waals surface area contributed by atoms with Gasteiger partial charge in [-0.3, -0.25) is 14.2 Å². The van der Waals surface area contributed by atoms with Crippen molar-refractivity contribution in [1.82, 2.24) is 14.9 Å². The van der Waals surface area contributed by atoms with E-state index in [-0.39, 0.29) is 25.3 Å². The lowest BCUT2D eigenvalue weighted by atomic mass is 10.1. The van der Waals surface area contributed by atoms with Crippen LogP contribution in [0.15, 0.2) is 12.5 Å². The van der Waals surface area contributed by atoms with Gasteiger partial charge in [-0.15, -0.1) is 0 Å². The smallest absolute Gasteiger partial charge is 0.326 e. The third-order valence-electron chi connectivity index (χ3n) is 3.34. The van der Waals surface area contributed by atoms with E-state index in [2.05, 4.69) is 17.2 Å². The van der Waals surface area contributed by atoms with E-state index in [0.29, 0.717) is 12.1 Å². The van der Waals surface area contributed by atoms with Crippen LogP contribution in [0.4, 0.5) is 0 Å². The third-order valence-corrected chi connectivity index (χ3v) is 3.34. The molecule has 1 aromatic rings. The van der Waals surface area contributed by atoms with Gasteiger partial charge in [-0.25, -0.2) is 9.78 Å². The van der Waals surface area contributed by atoms with Gasteiger partial charge in [-0.2, -0.15) is 0 Å². The zero-order chi connectivity index (χ0) is 17.2. The number of aromatic nitrogens is 2. The number of carbonyl (C=O) groups is 3. The molecule has 1 heterocycles. The van der Waals surface area contributed by atoms with Gasteiger partial charge in [0, 0.05) is 32.0 Å². The number of aliphatic carboxylic acids is 1. The van der Waals surface area contributed by atoms with Gasteiger partial charge in [0.1, 0.15) is 12.4 Å². The molecule has 0 bridgehead atoms. The van der Waals surface area contributed by atoms with E-state index < -0.39 is 17.9 Å². The van der Waals surface area contributed by atoms with E-state index in [9.17, 15) is 14.4 Å². The molecule has 0 aliphatic carbocycles. The maximum atomic E-state index is 11.9. The average molecular weight is 324 g/mol. The number of unbranched alkanes of at least 4 members (excludes halogenated alkanes) is 2. The predicted octanol–water partition coefficient (Wildman–Crippen LogP) is 0.564. The fourth-order valence-corrected chi connectivity index (χ4v) is 2.07. The Labute approximate surface area is 135 Å². The van der Waals surface area contributed by atoms with Crippen LogP contribution in [0, 0.1) is 0 Å². The Hall–Kier alpha value is -2.22. The molecule has 4 N–H and O–H groups in total. The Morgan fingerprint density at radius 2 is 2.09 bits per heavy atom. The van der Waals surface area contributed by atoms with Crippen LogP contribution in [0.25, 0.3) is 0 Å². The molecule has 0 aliphatic heterocycles. The first kappa shape index (κ1) is 18.8. The minimum Gasteiger partial charge on any atom is -0.480 e. The summed E-state index contributed by atoms with van der Waals surface area (Å²) in [4.78, 5) is 38.7. The number of imidazole rings is 1. The van der Waals surface area contributed by atoms with E-state index in [0.717, 1.165) is 19.3 Å². The molecule has 0 unspecified atom stereocenters. The first-order chi connectivity index (χ1) is 11.0. The largest absolute Gasteiger partial charge is 0.480 e. The zero-order valence-corrected chi connectivity index (χ0v) is 13.3. The van der Waals surface area contributed by atoms with Gasteiger partial charge < -0.3 is 16.2 Å². The van der Waals surface area contributed by atoms with E-state index in [1.807, 2.05) is 0 Å². The number of amides is 1. The Balaban J connectivity index is 2.62. The van der Waals surface area contributed by atoms with Crippen molar-refractivity contribution < 1.29 is 19.5 Å². The van der Waals surface area contributed by atoms with Crippen molar-refractivity contribution in [2.24, 2.45) is 5.73 Å². The van der Waals surface area contributed by atoms with Crippen LogP contribution in [0.2, 0.25) is 0 Å². The molecule has 0 aromatic carbocycles. The number of hydrogen-bond acceptors (Lipinski definition) is 5. The van der Waals surface area contributed by atoms with Gasteiger partial charge in [-0.1, -0.05) is 19.8 Å². The number of nitrogens with two attached hydrogens (primary N) is 1.